The van der Waals surface area contributed by atoms with Crippen molar-refractivity contribution in [3.05, 3.63) is 42.0 Å². The monoisotopic (exact) mass is 343 g/mol. The quantitative estimate of drug-likeness (QED) is 0.518. The zero-order valence-corrected chi connectivity index (χ0v) is 14.9. The number of nitrogens with zero attached hydrogens (tertiary/aromatic N) is 4. The van der Waals surface area contributed by atoms with Crippen LogP contribution >= 0.6 is 0 Å². The fourth-order valence-electron chi connectivity index (χ4n) is 2.40. The van der Waals surface area contributed by atoms with Crippen molar-refractivity contribution >= 4 is 17.6 Å². The molecule has 1 aromatic carbocycles. The molecule has 0 aliphatic heterocycles. The van der Waals surface area contributed by atoms with Gasteiger partial charge in [-0.2, -0.15) is 0 Å². The summed E-state index contributed by atoms with van der Waals surface area (Å²) in [5.74, 6) is 1.61. The summed E-state index contributed by atoms with van der Waals surface area (Å²) in [7, 11) is 1.74. The van der Waals surface area contributed by atoms with Gasteiger partial charge in [0.25, 0.3) is 0 Å². The summed E-state index contributed by atoms with van der Waals surface area (Å²) < 4.78 is 2.02. The van der Waals surface area contributed by atoms with Crippen LogP contribution in [-0.2, 0) is 24.3 Å². The van der Waals surface area contributed by atoms with Gasteiger partial charge in [-0.3, -0.25) is 9.79 Å². The third kappa shape index (κ3) is 5.91. The molecule has 0 aliphatic rings. The largest absolute Gasteiger partial charge is 0.355 e. The molecule has 0 unspecified atom stereocenters. The molecule has 2 aromatic rings. The number of aromatic nitrogens is 3. The number of nitrogens with one attached hydrogen (secondary N) is 3. The van der Waals surface area contributed by atoms with E-state index in [1.807, 2.05) is 28.8 Å². The van der Waals surface area contributed by atoms with Gasteiger partial charge >= 0.3 is 0 Å². The van der Waals surface area contributed by atoms with Crippen LogP contribution in [0.2, 0.25) is 0 Å². The molecule has 1 heterocycles. The van der Waals surface area contributed by atoms with Crippen molar-refractivity contribution in [2.75, 3.05) is 18.9 Å². The van der Waals surface area contributed by atoms with Crippen molar-refractivity contribution in [1.29, 1.82) is 0 Å². The van der Waals surface area contributed by atoms with Crippen molar-refractivity contribution in [2.24, 2.45) is 4.99 Å². The SMILES string of the molecule is CCc1nncn1CCNC(=NC)NCc1cccc(NC(C)=O)c1. The minimum atomic E-state index is -0.0805. The van der Waals surface area contributed by atoms with E-state index in [-0.39, 0.29) is 5.91 Å². The fraction of sp³-hybridized carbons (Fsp3) is 0.412. The molecule has 1 amide bonds. The zero-order valence-electron chi connectivity index (χ0n) is 14.9. The Balaban J connectivity index is 1.81. The lowest BCUT2D eigenvalue weighted by atomic mass is 10.2. The van der Waals surface area contributed by atoms with Crippen LogP contribution in [0.3, 0.4) is 0 Å². The molecule has 134 valence electrons. The number of anilines is 1. The lowest BCUT2D eigenvalue weighted by Gasteiger charge is -2.13. The predicted octanol–water partition coefficient (Wildman–Crippen LogP) is 1.16. The molecule has 0 aliphatic carbocycles. The molecular formula is C17H25N7O. The summed E-state index contributed by atoms with van der Waals surface area (Å²) in [6, 6.07) is 7.71. The number of carbonyl (C=O) groups is 1. The van der Waals surface area contributed by atoms with Crippen molar-refractivity contribution in [3.8, 4) is 0 Å². The Kier molecular flexibility index (Phi) is 6.94. The van der Waals surface area contributed by atoms with Crippen molar-refractivity contribution in [3.63, 3.8) is 0 Å². The van der Waals surface area contributed by atoms with Crippen LogP contribution in [0.1, 0.15) is 25.2 Å². The summed E-state index contributed by atoms with van der Waals surface area (Å²) in [6.07, 6.45) is 2.60. The van der Waals surface area contributed by atoms with Gasteiger partial charge in [-0.25, -0.2) is 0 Å². The van der Waals surface area contributed by atoms with Gasteiger partial charge < -0.3 is 20.5 Å². The number of aryl methyl sites for hydroxylation is 1. The first-order valence-corrected chi connectivity index (χ1v) is 8.30. The smallest absolute Gasteiger partial charge is 0.221 e. The third-order valence-corrected chi connectivity index (χ3v) is 3.59. The number of aliphatic imine (C=N–C) groups is 1. The van der Waals surface area contributed by atoms with Crippen molar-refractivity contribution in [2.45, 2.75) is 33.4 Å². The summed E-state index contributed by atoms with van der Waals surface area (Å²) in [4.78, 5) is 15.4. The predicted molar refractivity (Wildman–Crippen MR) is 98.3 cm³/mol. The van der Waals surface area contributed by atoms with E-state index in [2.05, 4.69) is 38.1 Å². The number of carbonyl (C=O) groups excluding carboxylic acids is 1. The first-order chi connectivity index (χ1) is 12.1. The van der Waals surface area contributed by atoms with Gasteiger partial charge in [0.2, 0.25) is 5.91 Å². The molecule has 0 bridgehead atoms. The minimum absolute atomic E-state index is 0.0805. The summed E-state index contributed by atoms with van der Waals surface area (Å²) in [5.41, 5.74) is 1.84. The van der Waals surface area contributed by atoms with E-state index in [9.17, 15) is 4.79 Å². The second-order valence-corrected chi connectivity index (χ2v) is 5.53. The van der Waals surface area contributed by atoms with E-state index in [4.69, 9.17) is 0 Å². The number of rotatable bonds is 7. The van der Waals surface area contributed by atoms with Crippen LogP contribution in [0.25, 0.3) is 0 Å². The zero-order chi connectivity index (χ0) is 18.1. The molecule has 1 aromatic heterocycles. The Hall–Kier alpha value is -2.90. The second-order valence-electron chi connectivity index (χ2n) is 5.53. The van der Waals surface area contributed by atoms with Gasteiger partial charge in [-0.15, -0.1) is 10.2 Å². The highest BCUT2D eigenvalue weighted by atomic mass is 16.1. The van der Waals surface area contributed by atoms with E-state index in [1.54, 1.807) is 13.4 Å². The van der Waals surface area contributed by atoms with E-state index in [0.29, 0.717) is 6.54 Å². The van der Waals surface area contributed by atoms with E-state index in [1.165, 1.54) is 6.92 Å². The molecule has 0 atom stereocenters. The van der Waals surface area contributed by atoms with Crippen LogP contribution in [0.5, 0.6) is 0 Å². The van der Waals surface area contributed by atoms with E-state index in [0.717, 1.165) is 42.5 Å². The summed E-state index contributed by atoms with van der Waals surface area (Å²) in [6.45, 7) is 5.66. The number of guanidine groups is 1. The van der Waals surface area contributed by atoms with E-state index < -0.39 is 0 Å². The lowest BCUT2D eigenvalue weighted by Crippen LogP contribution is -2.38. The Labute approximate surface area is 147 Å². The summed E-state index contributed by atoms with van der Waals surface area (Å²) in [5, 5.41) is 17.3. The first-order valence-electron chi connectivity index (χ1n) is 8.30. The van der Waals surface area contributed by atoms with Gasteiger partial charge in [0.15, 0.2) is 5.96 Å². The van der Waals surface area contributed by atoms with Crippen LogP contribution in [0, 0.1) is 0 Å². The highest BCUT2D eigenvalue weighted by Crippen LogP contribution is 2.10. The molecule has 0 fully saturated rings. The van der Waals surface area contributed by atoms with Gasteiger partial charge in [0, 0.05) is 45.7 Å². The van der Waals surface area contributed by atoms with Gasteiger partial charge in [-0.1, -0.05) is 19.1 Å². The number of amides is 1. The van der Waals surface area contributed by atoms with Crippen LogP contribution < -0.4 is 16.0 Å². The maximum absolute atomic E-state index is 11.1. The van der Waals surface area contributed by atoms with Crippen molar-refractivity contribution < 1.29 is 4.79 Å². The maximum atomic E-state index is 11.1. The van der Waals surface area contributed by atoms with E-state index >= 15 is 0 Å². The van der Waals surface area contributed by atoms with Gasteiger partial charge in [0.05, 0.1) is 0 Å². The summed E-state index contributed by atoms with van der Waals surface area (Å²) >= 11 is 0. The molecule has 0 spiro atoms. The average Bonchev–Trinajstić information content (AvgIpc) is 3.05. The average molecular weight is 343 g/mol. The Morgan fingerprint density at radius 1 is 1.32 bits per heavy atom. The van der Waals surface area contributed by atoms with Crippen molar-refractivity contribution in [1.82, 2.24) is 25.4 Å². The number of hydrogen-bond donors (Lipinski definition) is 3. The molecule has 2 rings (SSSR count). The van der Waals surface area contributed by atoms with Crippen LogP contribution in [-0.4, -0.2) is 40.2 Å². The Morgan fingerprint density at radius 2 is 2.16 bits per heavy atom. The second kappa shape index (κ2) is 9.41. The lowest BCUT2D eigenvalue weighted by molar-refractivity contribution is -0.114. The van der Waals surface area contributed by atoms with Crippen LogP contribution in [0.4, 0.5) is 5.69 Å². The standard InChI is InChI=1S/C17H25N7O/c1-4-16-23-21-12-24(16)9-8-19-17(18-3)20-11-14-6-5-7-15(10-14)22-13(2)25/h5-7,10,12H,4,8-9,11H2,1-3H3,(H,22,25)(H2,18,19,20). The van der Waals surface area contributed by atoms with Crippen LogP contribution in [0.15, 0.2) is 35.6 Å². The molecule has 25 heavy (non-hydrogen) atoms. The maximum Gasteiger partial charge on any atom is 0.221 e. The Morgan fingerprint density at radius 3 is 2.88 bits per heavy atom. The molecular weight excluding hydrogens is 318 g/mol. The topological polar surface area (TPSA) is 96.2 Å². The normalized spacial score (nSPS) is 11.2. The molecule has 8 nitrogen and oxygen atoms in total. The molecule has 0 radical (unpaired) electrons. The number of hydrogen-bond acceptors (Lipinski definition) is 4. The van der Waals surface area contributed by atoms with Gasteiger partial charge in [0.1, 0.15) is 12.2 Å². The molecule has 8 heteroatoms. The number of benzene rings is 1. The molecule has 0 saturated carbocycles. The Bertz CT molecular complexity index is 723. The highest BCUT2D eigenvalue weighted by Gasteiger charge is 2.03. The third-order valence-electron chi connectivity index (χ3n) is 3.59. The van der Waals surface area contributed by atoms with Gasteiger partial charge in [-0.05, 0) is 17.7 Å². The molecule has 3 N–H and O–H groups in total. The molecule has 0 saturated heterocycles. The fourth-order valence-corrected chi connectivity index (χ4v) is 2.40. The highest BCUT2D eigenvalue weighted by molar-refractivity contribution is 5.88. The minimum Gasteiger partial charge on any atom is -0.355 e. The first kappa shape index (κ1) is 18.4.